The number of hydrogen-bond donors (Lipinski definition) is 2. The summed E-state index contributed by atoms with van der Waals surface area (Å²) in [6.45, 7) is 4.28. The molecule has 1 amide bonds. The molecule has 24 heavy (non-hydrogen) atoms. The van der Waals surface area contributed by atoms with Gasteiger partial charge in [-0.1, -0.05) is 23.4 Å². The smallest absolute Gasteiger partial charge is 0.273 e. The van der Waals surface area contributed by atoms with Gasteiger partial charge in [-0.05, 0) is 32.8 Å². The first-order valence-electron chi connectivity index (χ1n) is 8.29. The second-order valence-corrected chi connectivity index (χ2v) is 6.47. The summed E-state index contributed by atoms with van der Waals surface area (Å²) in [6, 6.07) is 6.96. The van der Waals surface area contributed by atoms with Crippen molar-refractivity contribution in [3.8, 4) is 0 Å². The third-order valence-electron chi connectivity index (χ3n) is 4.21. The molecule has 1 aromatic carbocycles. The molecule has 0 spiro atoms. The Hall–Kier alpha value is -2.21. The molecule has 2 N–H and O–H groups in total. The topological polar surface area (TPSA) is 67.2 Å². The van der Waals surface area contributed by atoms with E-state index in [1.54, 1.807) is 12.1 Å². The van der Waals surface area contributed by atoms with E-state index < -0.39 is 0 Å². The zero-order valence-electron chi connectivity index (χ0n) is 13.9. The van der Waals surface area contributed by atoms with E-state index >= 15 is 0 Å². The lowest BCUT2D eigenvalue weighted by Crippen LogP contribution is -2.36. The average molecular weight is 331 g/mol. The molecule has 0 radical (unpaired) electrons. The maximum absolute atomic E-state index is 13.7. The van der Waals surface area contributed by atoms with Gasteiger partial charge in [-0.2, -0.15) is 0 Å². The number of benzene rings is 1. The summed E-state index contributed by atoms with van der Waals surface area (Å²) in [5.41, 5.74) is 1.88. The van der Waals surface area contributed by atoms with Crippen LogP contribution in [0.2, 0.25) is 0 Å². The van der Waals surface area contributed by atoms with Crippen LogP contribution in [0.15, 0.2) is 28.8 Å². The molecule has 6 heteroatoms. The Morgan fingerprint density at radius 1 is 1.42 bits per heavy atom. The quantitative estimate of drug-likeness (QED) is 0.884. The van der Waals surface area contributed by atoms with Crippen LogP contribution in [-0.4, -0.2) is 23.1 Å². The molecule has 128 valence electrons. The molecule has 1 aliphatic rings. The van der Waals surface area contributed by atoms with E-state index in [2.05, 4.69) is 15.8 Å². The Labute approximate surface area is 140 Å². The van der Waals surface area contributed by atoms with Gasteiger partial charge < -0.3 is 15.2 Å². The first-order valence-corrected chi connectivity index (χ1v) is 8.29. The Bertz CT molecular complexity index is 727. The molecular formula is C18H22FN3O2. The minimum absolute atomic E-state index is 0.0448. The highest BCUT2D eigenvalue weighted by Crippen LogP contribution is 2.25. The summed E-state index contributed by atoms with van der Waals surface area (Å²) in [5, 5.41) is 10.2. The van der Waals surface area contributed by atoms with Crippen LogP contribution in [0.25, 0.3) is 0 Å². The summed E-state index contributed by atoms with van der Waals surface area (Å²) < 4.78 is 19.0. The Kier molecular flexibility index (Phi) is 4.94. The molecule has 5 nitrogen and oxygen atoms in total. The van der Waals surface area contributed by atoms with E-state index in [1.165, 1.54) is 6.07 Å². The fourth-order valence-corrected chi connectivity index (χ4v) is 2.98. The summed E-state index contributed by atoms with van der Waals surface area (Å²) in [4.78, 5) is 12.2. The van der Waals surface area contributed by atoms with Crippen molar-refractivity contribution in [2.45, 2.75) is 51.7 Å². The third kappa shape index (κ3) is 3.64. The molecule has 0 saturated carbocycles. The normalized spacial score (nSPS) is 16.9. The number of halogens is 1. The molecule has 0 aliphatic heterocycles. The maximum Gasteiger partial charge on any atom is 0.273 e. The second kappa shape index (κ2) is 7.13. The van der Waals surface area contributed by atoms with E-state index in [0.29, 0.717) is 24.2 Å². The zero-order chi connectivity index (χ0) is 17.1. The van der Waals surface area contributed by atoms with Gasteiger partial charge in [-0.15, -0.1) is 0 Å². The number of amides is 1. The number of hydrogen-bond acceptors (Lipinski definition) is 4. The van der Waals surface area contributed by atoms with Crippen molar-refractivity contribution < 1.29 is 13.7 Å². The minimum Gasteiger partial charge on any atom is -0.360 e. The van der Waals surface area contributed by atoms with Crippen LogP contribution in [0.1, 0.15) is 47.6 Å². The van der Waals surface area contributed by atoms with Crippen LogP contribution in [0.3, 0.4) is 0 Å². The number of aryl methyl sites for hydroxylation is 1. The van der Waals surface area contributed by atoms with Gasteiger partial charge in [0.1, 0.15) is 11.6 Å². The van der Waals surface area contributed by atoms with E-state index in [1.807, 2.05) is 19.9 Å². The predicted octanol–water partition coefficient (Wildman–Crippen LogP) is 2.60. The van der Waals surface area contributed by atoms with Crippen molar-refractivity contribution in [1.82, 2.24) is 15.8 Å². The first kappa shape index (κ1) is 16.6. The van der Waals surface area contributed by atoms with Crippen LogP contribution < -0.4 is 10.6 Å². The highest BCUT2D eigenvalue weighted by molar-refractivity contribution is 5.94. The van der Waals surface area contributed by atoms with Gasteiger partial charge in [-0.25, -0.2) is 4.39 Å². The SMILES string of the molecule is CC(C)NC(=O)c1noc2c1CC(NCc1ccccc1F)CC2. The summed E-state index contributed by atoms with van der Waals surface area (Å²) >= 11 is 0. The van der Waals surface area contributed by atoms with E-state index in [9.17, 15) is 9.18 Å². The van der Waals surface area contributed by atoms with E-state index in [4.69, 9.17) is 4.52 Å². The predicted molar refractivity (Wildman–Crippen MR) is 88.2 cm³/mol. The van der Waals surface area contributed by atoms with Crippen molar-refractivity contribution in [2.75, 3.05) is 0 Å². The molecule has 1 heterocycles. The van der Waals surface area contributed by atoms with Gasteiger partial charge >= 0.3 is 0 Å². The molecule has 1 unspecified atom stereocenters. The molecule has 0 saturated heterocycles. The number of aromatic nitrogens is 1. The van der Waals surface area contributed by atoms with Crippen LogP contribution in [0.5, 0.6) is 0 Å². The third-order valence-corrected chi connectivity index (χ3v) is 4.21. The van der Waals surface area contributed by atoms with Crippen LogP contribution >= 0.6 is 0 Å². The fourth-order valence-electron chi connectivity index (χ4n) is 2.98. The summed E-state index contributed by atoms with van der Waals surface area (Å²) in [5.74, 6) is 0.376. The Morgan fingerprint density at radius 3 is 2.96 bits per heavy atom. The van der Waals surface area contributed by atoms with Gasteiger partial charge in [0.15, 0.2) is 5.69 Å². The molecular weight excluding hydrogens is 309 g/mol. The number of carbonyl (C=O) groups is 1. The van der Waals surface area contributed by atoms with Gasteiger partial charge in [0, 0.05) is 36.2 Å². The molecule has 1 atom stereocenters. The fraction of sp³-hybridized carbons (Fsp3) is 0.444. The van der Waals surface area contributed by atoms with Crippen molar-refractivity contribution in [2.24, 2.45) is 0 Å². The number of fused-ring (bicyclic) bond motifs is 1. The number of rotatable bonds is 5. The van der Waals surface area contributed by atoms with E-state index in [-0.39, 0.29) is 23.8 Å². The van der Waals surface area contributed by atoms with Gasteiger partial charge in [-0.3, -0.25) is 4.79 Å². The highest BCUT2D eigenvalue weighted by Gasteiger charge is 2.28. The van der Waals surface area contributed by atoms with Crippen molar-refractivity contribution in [1.29, 1.82) is 0 Å². The van der Waals surface area contributed by atoms with Crippen LogP contribution in [0, 0.1) is 5.82 Å². The number of nitrogens with zero attached hydrogens (tertiary/aromatic N) is 1. The van der Waals surface area contributed by atoms with Crippen molar-refractivity contribution in [3.05, 3.63) is 52.7 Å². The standard InChI is InChI=1S/C18H22FN3O2/c1-11(2)21-18(23)17-14-9-13(7-8-16(14)24-22-17)20-10-12-5-3-4-6-15(12)19/h3-6,11,13,20H,7-10H2,1-2H3,(H,21,23). The zero-order valence-corrected chi connectivity index (χ0v) is 13.9. The largest absolute Gasteiger partial charge is 0.360 e. The number of nitrogens with one attached hydrogen (secondary N) is 2. The molecule has 2 aromatic rings. The Morgan fingerprint density at radius 2 is 2.21 bits per heavy atom. The average Bonchev–Trinajstić information content (AvgIpc) is 2.96. The van der Waals surface area contributed by atoms with Crippen LogP contribution in [0.4, 0.5) is 4.39 Å². The molecule has 1 aliphatic carbocycles. The minimum atomic E-state index is -0.205. The van der Waals surface area contributed by atoms with Crippen molar-refractivity contribution >= 4 is 5.91 Å². The summed E-state index contributed by atoms with van der Waals surface area (Å²) in [6.07, 6.45) is 2.27. The van der Waals surface area contributed by atoms with Gasteiger partial charge in [0.25, 0.3) is 5.91 Å². The molecule has 1 aromatic heterocycles. The van der Waals surface area contributed by atoms with Gasteiger partial charge in [0.05, 0.1) is 0 Å². The second-order valence-electron chi connectivity index (χ2n) is 6.47. The van der Waals surface area contributed by atoms with E-state index in [0.717, 1.165) is 24.2 Å². The van der Waals surface area contributed by atoms with Crippen molar-refractivity contribution in [3.63, 3.8) is 0 Å². The first-order chi connectivity index (χ1) is 11.5. The molecule has 3 rings (SSSR count). The lowest BCUT2D eigenvalue weighted by Gasteiger charge is -2.22. The highest BCUT2D eigenvalue weighted by atomic mass is 19.1. The van der Waals surface area contributed by atoms with Crippen LogP contribution in [-0.2, 0) is 19.4 Å². The summed E-state index contributed by atoms with van der Waals surface area (Å²) in [7, 11) is 0. The molecule has 0 fully saturated rings. The maximum atomic E-state index is 13.7. The number of carbonyl (C=O) groups excluding carboxylic acids is 1. The van der Waals surface area contributed by atoms with Gasteiger partial charge in [0.2, 0.25) is 0 Å². The monoisotopic (exact) mass is 331 g/mol. The Balaban J connectivity index is 1.66. The molecule has 0 bridgehead atoms. The lowest BCUT2D eigenvalue weighted by atomic mass is 9.91. The lowest BCUT2D eigenvalue weighted by molar-refractivity contribution is 0.0933.